The Morgan fingerprint density at radius 3 is 1.88 bits per heavy atom. The summed E-state index contributed by atoms with van der Waals surface area (Å²) >= 11 is 0. The van der Waals surface area contributed by atoms with Gasteiger partial charge in [-0.25, -0.2) is 8.42 Å². The standard InChI is InChI=1S/C24H20N4O4S.Na/c1-2-32-19-12-10-17(11-13-19)25-27-23-14-15-24(22-9-4-3-8-21(22)23)28-26-18-6-5-7-20(16-18)33(29,30)31;/h3-16H,2H2,1H3,(H,29,30,31);/q;+1/p-1. The zero-order valence-electron chi connectivity index (χ0n) is 18.6. The fourth-order valence-corrected chi connectivity index (χ4v) is 3.65. The molecule has 4 aromatic carbocycles. The molecule has 0 amide bonds. The van der Waals surface area contributed by atoms with Gasteiger partial charge >= 0.3 is 29.6 Å². The fourth-order valence-electron chi connectivity index (χ4n) is 3.14. The first-order chi connectivity index (χ1) is 15.9. The topological polar surface area (TPSA) is 116 Å². The molecule has 34 heavy (non-hydrogen) atoms. The van der Waals surface area contributed by atoms with Crippen molar-refractivity contribution in [3.8, 4) is 5.75 Å². The van der Waals surface area contributed by atoms with E-state index in [1.165, 1.54) is 18.2 Å². The van der Waals surface area contributed by atoms with Gasteiger partial charge in [-0.2, -0.15) is 10.2 Å². The Kier molecular flexibility index (Phi) is 8.65. The van der Waals surface area contributed by atoms with Crippen LogP contribution in [0.25, 0.3) is 10.8 Å². The molecule has 4 rings (SSSR count). The maximum absolute atomic E-state index is 11.2. The van der Waals surface area contributed by atoms with Crippen LogP contribution in [-0.2, 0) is 10.1 Å². The SMILES string of the molecule is CCOc1ccc(N=Nc2ccc(N=Nc3cccc(S(=O)(=O)[O-])c3)c3ccccc23)cc1.[Na+]. The number of hydrogen-bond acceptors (Lipinski definition) is 8. The van der Waals surface area contributed by atoms with Crippen LogP contribution in [-0.4, -0.2) is 19.6 Å². The Bertz CT molecular complexity index is 1460. The first-order valence-electron chi connectivity index (χ1n) is 10.1. The Morgan fingerprint density at radius 2 is 1.32 bits per heavy atom. The molecule has 0 saturated carbocycles. The molecule has 8 nitrogen and oxygen atoms in total. The van der Waals surface area contributed by atoms with Crippen LogP contribution in [0.15, 0.2) is 110 Å². The average molecular weight is 482 g/mol. The summed E-state index contributed by atoms with van der Waals surface area (Å²) in [5, 5.41) is 18.7. The van der Waals surface area contributed by atoms with Crippen molar-refractivity contribution in [2.45, 2.75) is 11.8 Å². The molecule has 0 heterocycles. The minimum Gasteiger partial charge on any atom is -0.744 e. The Balaban J connectivity index is 0.00000324. The zero-order chi connectivity index (χ0) is 23.3. The quantitative estimate of drug-likeness (QED) is 0.225. The molecular formula is C24H19N4NaO4S. The Labute approximate surface area is 219 Å². The smallest absolute Gasteiger partial charge is 0.744 e. The van der Waals surface area contributed by atoms with Crippen LogP contribution in [0.4, 0.5) is 22.7 Å². The van der Waals surface area contributed by atoms with Crippen LogP contribution in [0, 0.1) is 0 Å². The molecule has 0 bridgehead atoms. The fraction of sp³-hybridized carbons (Fsp3) is 0.0833. The first-order valence-corrected chi connectivity index (χ1v) is 11.5. The molecule has 0 saturated heterocycles. The van der Waals surface area contributed by atoms with Crippen LogP contribution in [0.2, 0.25) is 0 Å². The molecule has 0 atom stereocenters. The van der Waals surface area contributed by atoms with Crippen molar-refractivity contribution in [2.75, 3.05) is 6.61 Å². The number of azo groups is 2. The van der Waals surface area contributed by atoms with Gasteiger partial charge in [0.25, 0.3) is 0 Å². The van der Waals surface area contributed by atoms with Gasteiger partial charge < -0.3 is 9.29 Å². The molecule has 166 valence electrons. The first kappa shape index (κ1) is 25.7. The monoisotopic (exact) mass is 482 g/mol. The molecule has 0 aliphatic carbocycles. The Morgan fingerprint density at radius 1 is 0.735 bits per heavy atom. The van der Waals surface area contributed by atoms with Crippen molar-refractivity contribution in [3.05, 3.63) is 84.9 Å². The predicted octanol–water partition coefficient (Wildman–Crippen LogP) is 3.98. The van der Waals surface area contributed by atoms with Crippen molar-refractivity contribution < 1.29 is 47.3 Å². The van der Waals surface area contributed by atoms with Gasteiger partial charge in [0.05, 0.1) is 34.3 Å². The van der Waals surface area contributed by atoms with Gasteiger partial charge in [0.2, 0.25) is 0 Å². The summed E-state index contributed by atoms with van der Waals surface area (Å²) in [6, 6.07) is 23.9. The number of fused-ring (bicyclic) bond motifs is 1. The third-order valence-corrected chi connectivity index (χ3v) is 5.51. The summed E-state index contributed by atoms with van der Waals surface area (Å²) in [6.07, 6.45) is 0. The molecule has 10 heteroatoms. The van der Waals surface area contributed by atoms with E-state index >= 15 is 0 Å². The van der Waals surface area contributed by atoms with Gasteiger partial charge in [-0.1, -0.05) is 30.3 Å². The van der Waals surface area contributed by atoms with Crippen LogP contribution < -0.4 is 34.3 Å². The summed E-state index contributed by atoms with van der Waals surface area (Å²) < 4.78 is 39.1. The van der Waals surface area contributed by atoms with Gasteiger partial charge in [0, 0.05) is 10.8 Å². The van der Waals surface area contributed by atoms with Crippen molar-refractivity contribution in [2.24, 2.45) is 20.5 Å². The second-order valence-corrected chi connectivity index (χ2v) is 8.31. The van der Waals surface area contributed by atoms with Crippen molar-refractivity contribution in [3.63, 3.8) is 0 Å². The Hall–Kier alpha value is -2.95. The normalized spacial score (nSPS) is 11.7. The minimum atomic E-state index is -4.56. The van der Waals surface area contributed by atoms with Crippen LogP contribution in [0.3, 0.4) is 0 Å². The molecule has 0 N–H and O–H groups in total. The van der Waals surface area contributed by atoms with Gasteiger partial charge in [-0.3, -0.25) is 0 Å². The molecule has 0 spiro atoms. The van der Waals surface area contributed by atoms with E-state index in [9.17, 15) is 13.0 Å². The summed E-state index contributed by atoms with van der Waals surface area (Å²) in [5.74, 6) is 0.773. The molecule has 0 unspecified atom stereocenters. The maximum atomic E-state index is 11.2. The number of nitrogens with zero attached hydrogens (tertiary/aromatic N) is 4. The number of rotatable bonds is 7. The minimum absolute atomic E-state index is 0. The van der Waals surface area contributed by atoms with E-state index in [4.69, 9.17) is 4.74 Å². The van der Waals surface area contributed by atoms with Crippen molar-refractivity contribution >= 4 is 43.6 Å². The third kappa shape index (κ3) is 6.34. The molecule has 4 aromatic rings. The molecule has 0 aliphatic rings. The van der Waals surface area contributed by atoms with Gasteiger partial charge in [0.1, 0.15) is 15.9 Å². The summed E-state index contributed by atoms with van der Waals surface area (Å²) in [7, 11) is -4.56. The largest absolute Gasteiger partial charge is 1.00 e. The van der Waals surface area contributed by atoms with Crippen LogP contribution >= 0.6 is 0 Å². The second kappa shape index (κ2) is 11.5. The molecular weight excluding hydrogens is 463 g/mol. The van der Waals surface area contributed by atoms with E-state index in [1.807, 2.05) is 55.5 Å². The van der Waals surface area contributed by atoms with Crippen LogP contribution in [0.5, 0.6) is 5.75 Å². The third-order valence-electron chi connectivity index (χ3n) is 4.68. The van der Waals surface area contributed by atoms with E-state index in [0.29, 0.717) is 23.7 Å². The van der Waals surface area contributed by atoms with Gasteiger partial charge in [0.15, 0.2) is 0 Å². The zero-order valence-corrected chi connectivity index (χ0v) is 21.4. The van der Waals surface area contributed by atoms with E-state index in [1.54, 1.807) is 18.2 Å². The number of benzene rings is 4. The van der Waals surface area contributed by atoms with Gasteiger partial charge in [-0.05, 0) is 61.5 Å². The molecule has 0 aromatic heterocycles. The van der Waals surface area contributed by atoms with E-state index < -0.39 is 10.1 Å². The average Bonchev–Trinajstić information content (AvgIpc) is 2.82. The van der Waals surface area contributed by atoms with E-state index in [2.05, 4.69) is 20.5 Å². The molecule has 0 fully saturated rings. The molecule has 0 aliphatic heterocycles. The summed E-state index contributed by atoms with van der Waals surface area (Å²) in [4.78, 5) is -0.353. The maximum Gasteiger partial charge on any atom is 1.00 e. The van der Waals surface area contributed by atoms with E-state index in [0.717, 1.165) is 16.5 Å². The second-order valence-electron chi connectivity index (χ2n) is 6.93. The number of ether oxygens (including phenoxy) is 1. The predicted molar refractivity (Wildman–Crippen MR) is 124 cm³/mol. The summed E-state index contributed by atoms with van der Waals surface area (Å²) in [6.45, 7) is 2.52. The molecule has 0 radical (unpaired) electrons. The number of hydrogen-bond donors (Lipinski definition) is 0. The van der Waals surface area contributed by atoms with Crippen molar-refractivity contribution in [1.29, 1.82) is 0 Å². The van der Waals surface area contributed by atoms with E-state index in [-0.39, 0.29) is 40.1 Å². The van der Waals surface area contributed by atoms with Crippen molar-refractivity contribution in [1.82, 2.24) is 0 Å². The summed E-state index contributed by atoms with van der Waals surface area (Å²) in [5.41, 5.74) is 2.19. The van der Waals surface area contributed by atoms with Gasteiger partial charge in [-0.15, -0.1) is 10.2 Å². The van der Waals surface area contributed by atoms with Crippen LogP contribution in [0.1, 0.15) is 6.92 Å².